The molecule has 1 aliphatic heterocycles. The van der Waals surface area contributed by atoms with Gasteiger partial charge in [-0.25, -0.2) is 0 Å². The van der Waals surface area contributed by atoms with Gasteiger partial charge in [-0.3, -0.25) is 14.9 Å². The molecule has 23 heavy (non-hydrogen) atoms. The van der Waals surface area contributed by atoms with Crippen LogP contribution in [-0.2, 0) is 4.79 Å². The zero-order chi connectivity index (χ0) is 16.2. The molecule has 2 aromatic rings. The number of nitrogens with one attached hydrogen (secondary N) is 1. The third kappa shape index (κ3) is 3.70. The van der Waals surface area contributed by atoms with Crippen LogP contribution in [0.15, 0.2) is 30.6 Å². The summed E-state index contributed by atoms with van der Waals surface area (Å²) in [7, 11) is 0. The van der Waals surface area contributed by atoms with Crippen LogP contribution < -0.4 is 4.74 Å². The molecule has 1 amide bonds. The second kappa shape index (κ2) is 6.81. The largest absolute Gasteiger partial charge is 0.479 e. The molecule has 2 aromatic heterocycles. The van der Waals surface area contributed by atoms with Gasteiger partial charge < -0.3 is 9.64 Å². The Labute approximate surface area is 135 Å². The van der Waals surface area contributed by atoms with Gasteiger partial charge in [0.15, 0.2) is 6.10 Å². The minimum atomic E-state index is -0.515. The van der Waals surface area contributed by atoms with Crippen LogP contribution >= 0.6 is 0 Å². The minimum Gasteiger partial charge on any atom is -0.479 e. The second-order valence-electron chi connectivity index (χ2n) is 6.05. The maximum absolute atomic E-state index is 12.6. The SMILES string of the molecule is Cc1cc([C@H]2CCCN(C(=O)[C@H](C)Oc3cccnc3)C2)n[nH]1. The lowest BCUT2D eigenvalue weighted by molar-refractivity contribution is -0.139. The van der Waals surface area contributed by atoms with Crippen LogP contribution in [-0.4, -0.2) is 45.2 Å². The molecule has 1 fully saturated rings. The summed E-state index contributed by atoms with van der Waals surface area (Å²) >= 11 is 0. The fourth-order valence-corrected chi connectivity index (χ4v) is 3.00. The molecular weight excluding hydrogens is 292 g/mol. The molecular formula is C17H22N4O2. The van der Waals surface area contributed by atoms with E-state index in [1.165, 1.54) is 0 Å². The zero-order valence-electron chi connectivity index (χ0n) is 13.5. The molecule has 0 radical (unpaired) electrons. The fraction of sp³-hybridized carbons (Fsp3) is 0.471. The van der Waals surface area contributed by atoms with Crippen molar-refractivity contribution in [1.82, 2.24) is 20.1 Å². The van der Waals surface area contributed by atoms with Crippen molar-refractivity contribution < 1.29 is 9.53 Å². The highest BCUT2D eigenvalue weighted by atomic mass is 16.5. The second-order valence-corrected chi connectivity index (χ2v) is 6.05. The normalized spacial score (nSPS) is 19.4. The van der Waals surface area contributed by atoms with Crippen molar-refractivity contribution in [2.24, 2.45) is 0 Å². The number of rotatable bonds is 4. The third-order valence-corrected chi connectivity index (χ3v) is 4.17. The smallest absolute Gasteiger partial charge is 0.263 e. The predicted molar refractivity (Wildman–Crippen MR) is 86.2 cm³/mol. The Hall–Kier alpha value is -2.37. The highest BCUT2D eigenvalue weighted by Gasteiger charge is 2.29. The number of hydrogen-bond donors (Lipinski definition) is 1. The Morgan fingerprint density at radius 2 is 2.39 bits per heavy atom. The highest BCUT2D eigenvalue weighted by Crippen LogP contribution is 2.26. The van der Waals surface area contributed by atoms with Crippen LogP contribution in [0, 0.1) is 6.92 Å². The first kappa shape index (κ1) is 15.5. The lowest BCUT2D eigenvalue weighted by atomic mass is 9.94. The van der Waals surface area contributed by atoms with Gasteiger partial charge in [0.2, 0.25) is 0 Å². The maximum atomic E-state index is 12.6. The first-order chi connectivity index (χ1) is 11.1. The molecule has 0 bridgehead atoms. The molecule has 1 N–H and O–H groups in total. The fourth-order valence-electron chi connectivity index (χ4n) is 3.00. The zero-order valence-corrected chi connectivity index (χ0v) is 13.5. The van der Waals surface area contributed by atoms with Crippen LogP contribution in [0.1, 0.15) is 37.1 Å². The molecule has 6 heteroatoms. The first-order valence-electron chi connectivity index (χ1n) is 8.01. The van der Waals surface area contributed by atoms with Gasteiger partial charge >= 0.3 is 0 Å². The summed E-state index contributed by atoms with van der Waals surface area (Å²) in [5.74, 6) is 0.930. The van der Waals surface area contributed by atoms with E-state index in [0.717, 1.165) is 30.8 Å². The molecule has 0 unspecified atom stereocenters. The number of carbonyl (C=O) groups is 1. The van der Waals surface area contributed by atoms with Crippen LogP contribution in [0.25, 0.3) is 0 Å². The molecule has 0 aliphatic carbocycles. The van der Waals surface area contributed by atoms with E-state index in [1.807, 2.05) is 17.9 Å². The van der Waals surface area contributed by atoms with Gasteiger partial charge in [-0.2, -0.15) is 5.10 Å². The van der Waals surface area contributed by atoms with Crippen molar-refractivity contribution >= 4 is 5.91 Å². The lowest BCUT2D eigenvalue weighted by Gasteiger charge is -2.33. The number of piperidine rings is 1. The number of amides is 1. The topological polar surface area (TPSA) is 71.1 Å². The number of nitrogens with zero attached hydrogens (tertiary/aromatic N) is 3. The van der Waals surface area contributed by atoms with E-state index in [-0.39, 0.29) is 5.91 Å². The van der Waals surface area contributed by atoms with Crippen LogP contribution in [0.4, 0.5) is 0 Å². The molecule has 1 saturated heterocycles. The van der Waals surface area contributed by atoms with Gasteiger partial charge in [0.1, 0.15) is 5.75 Å². The number of pyridine rings is 1. The third-order valence-electron chi connectivity index (χ3n) is 4.17. The predicted octanol–water partition coefficient (Wildman–Crippen LogP) is 2.29. The quantitative estimate of drug-likeness (QED) is 0.940. The number of aromatic nitrogens is 3. The number of ether oxygens (including phenoxy) is 1. The number of likely N-dealkylation sites (tertiary alicyclic amines) is 1. The van der Waals surface area contributed by atoms with Crippen molar-refractivity contribution in [3.05, 3.63) is 42.0 Å². The Kier molecular flexibility index (Phi) is 4.60. The van der Waals surface area contributed by atoms with E-state index in [2.05, 4.69) is 21.2 Å². The van der Waals surface area contributed by atoms with E-state index >= 15 is 0 Å². The van der Waals surface area contributed by atoms with Gasteiger partial charge in [0.25, 0.3) is 5.91 Å². The summed E-state index contributed by atoms with van der Waals surface area (Å²) < 4.78 is 5.70. The molecule has 0 saturated carbocycles. The van der Waals surface area contributed by atoms with E-state index in [1.54, 1.807) is 25.4 Å². The molecule has 3 rings (SSSR count). The molecule has 0 aromatic carbocycles. The highest BCUT2D eigenvalue weighted by molar-refractivity contribution is 5.81. The standard InChI is InChI=1S/C17H22N4O2/c1-12-9-16(20-19-12)14-5-4-8-21(11-14)17(22)13(2)23-15-6-3-7-18-10-15/h3,6-7,9-10,13-14H,4-5,8,11H2,1-2H3,(H,19,20)/t13-,14-/m0/s1. The van der Waals surface area contributed by atoms with Crippen molar-refractivity contribution in [2.45, 2.75) is 38.7 Å². The van der Waals surface area contributed by atoms with E-state index in [0.29, 0.717) is 18.2 Å². The average Bonchev–Trinajstić information content (AvgIpc) is 3.02. The van der Waals surface area contributed by atoms with Crippen LogP contribution in [0.2, 0.25) is 0 Å². The Balaban J connectivity index is 1.62. The summed E-state index contributed by atoms with van der Waals surface area (Å²) in [5, 5.41) is 7.32. The van der Waals surface area contributed by atoms with Crippen molar-refractivity contribution in [2.75, 3.05) is 13.1 Å². The van der Waals surface area contributed by atoms with E-state index in [4.69, 9.17) is 4.74 Å². The number of H-pyrrole nitrogens is 1. The lowest BCUT2D eigenvalue weighted by Crippen LogP contribution is -2.45. The van der Waals surface area contributed by atoms with Crippen molar-refractivity contribution in [3.63, 3.8) is 0 Å². The van der Waals surface area contributed by atoms with Gasteiger partial charge in [-0.05, 0) is 44.9 Å². The number of aryl methyl sites for hydroxylation is 1. The van der Waals surface area contributed by atoms with Crippen LogP contribution in [0.3, 0.4) is 0 Å². The van der Waals surface area contributed by atoms with Gasteiger partial charge in [-0.1, -0.05) is 0 Å². The van der Waals surface area contributed by atoms with Gasteiger partial charge in [-0.15, -0.1) is 0 Å². The van der Waals surface area contributed by atoms with E-state index < -0.39 is 6.10 Å². The summed E-state index contributed by atoms with van der Waals surface area (Å²) in [5.41, 5.74) is 2.09. The Bertz CT molecular complexity index is 656. The van der Waals surface area contributed by atoms with Gasteiger partial charge in [0, 0.05) is 30.9 Å². The number of carbonyl (C=O) groups excluding carboxylic acids is 1. The molecule has 2 atom stereocenters. The number of aromatic amines is 1. The summed E-state index contributed by atoms with van der Waals surface area (Å²) in [6.07, 6.45) is 4.84. The van der Waals surface area contributed by atoms with E-state index in [9.17, 15) is 4.79 Å². The molecule has 3 heterocycles. The van der Waals surface area contributed by atoms with Gasteiger partial charge in [0.05, 0.1) is 11.9 Å². The molecule has 6 nitrogen and oxygen atoms in total. The Morgan fingerprint density at radius 1 is 1.52 bits per heavy atom. The maximum Gasteiger partial charge on any atom is 0.263 e. The van der Waals surface area contributed by atoms with Crippen molar-refractivity contribution in [1.29, 1.82) is 0 Å². The summed E-state index contributed by atoms with van der Waals surface area (Å²) in [4.78, 5) is 18.5. The van der Waals surface area contributed by atoms with Crippen LogP contribution in [0.5, 0.6) is 5.75 Å². The number of hydrogen-bond acceptors (Lipinski definition) is 4. The average molecular weight is 314 g/mol. The molecule has 122 valence electrons. The summed E-state index contributed by atoms with van der Waals surface area (Å²) in [6.45, 7) is 5.26. The summed E-state index contributed by atoms with van der Waals surface area (Å²) in [6, 6.07) is 5.67. The van der Waals surface area contributed by atoms with Crippen molar-refractivity contribution in [3.8, 4) is 5.75 Å². The Morgan fingerprint density at radius 3 is 3.09 bits per heavy atom. The first-order valence-corrected chi connectivity index (χ1v) is 8.01. The molecule has 1 aliphatic rings. The monoisotopic (exact) mass is 314 g/mol. The minimum absolute atomic E-state index is 0.0193. The molecule has 0 spiro atoms.